The van der Waals surface area contributed by atoms with Crippen molar-refractivity contribution in [2.45, 2.75) is 0 Å². The predicted molar refractivity (Wildman–Crippen MR) is 107 cm³/mol. The van der Waals surface area contributed by atoms with Crippen molar-refractivity contribution >= 4 is 28.4 Å². The van der Waals surface area contributed by atoms with E-state index in [4.69, 9.17) is 4.65 Å². The van der Waals surface area contributed by atoms with Crippen LogP contribution in [-0.2, 0) is 24.1 Å². The third kappa shape index (κ3) is 4.05. The maximum Gasteiger partial charge on any atom is 3.00 e. The summed E-state index contributed by atoms with van der Waals surface area (Å²) in [4.78, 5) is 12.4. The van der Waals surface area contributed by atoms with Gasteiger partial charge in [0.2, 0.25) is 0 Å². The van der Waals surface area contributed by atoms with Crippen LogP contribution in [0.15, 0.2) is 46.5 Å². The van der Waals surface area contributed by atoms with Crippen LogP contribution in [0.5, 0.6) is 5.75 Å². The molecular weight excluding hydrogens is 495 g/mol. The van der Waals surface area contributed by atoms with E-state index in [-0.39, 0.29) is 36.0 Å². The molecule has 6 rings (SSSR count). The Hall–Kier alpha value is -3.05. The summed E-state index contributed by atoms with van der Waals surface area (Å²) >= 11 is 0. The minimum Gasteiger partial charge on any atom is -0.872 e. The molecule has 0 amide bonds. The minimum atomic E-state index is -0.591. The summed E-state index contributed by atoms with van der Waals surface area (Å²) in [6, 6.07) is 7.88. The maximum atomic E-state index is 12.2. The van der Waals surface area contributed by atoms with E-state index in [1.165, 1.54) is 12.1 Å². The second-order valence-corrected chi connectivity index (χ2v) is 6.54. The van der Waals surface area contributed by atoms with Crippen molar-refractivity contribution < 1.29 is 39.4 Å². The minimum absolute atomic E-state index is 0. The Morgan fingerprint density at radius 2 is 1.47 bits per heavy atom. The van der Waals surface area contributed by atoms with Gasteiger partial charge in [-0.3, -0.25) is 9.98 Å². The molecule has 1 aromatic heterocycles. The monoisotopic (exact) mass is 508 g/mol. The zero-order valence-corrected chi connectivity index (χ0v) is 18.0. The summed E-state index contributed by atoms with van der Waals surface area (Å²) in [6.45, 7) is 4.50. The molecule has 155 valence electrons. The fourth-order valence-corrected chi connectivity index (χ4v) is 3.62. The number of aromatic nitrogens is 1. The van der Waals surface area contributed by atoms with Crippen molar-refractivity contribution in [3.63, 3.8) is 0 Å². The number of fused-ring (bicyclic) bond motifs is 8. The van der Waals surface area contributed by atoms with E-state index >= 15 is 0 Å². The first-order valence-corrected chi connectivity index (χ1v) is 9.14. The summed E-state index contributed by atoms with van der Waals surface area (Å²) in [5.74, 6) is -1.35. The molecule has 0 saturated heterocycles. The Kier molecular flexibility index (Phi) is 7.42. The summed E-state index contributed by atoms with van der Waals surface area (Å²) in [5.41, 5.74) is 2.38. The largest absolute Gasteiger partial charge is 3.00 e. The maximum absolute atomic E-state index is 12.2. The van der Waals surface area contributed by atoms with Crippen LogP contribution >= 0.6 is 0 Å². The smallest absolute Gasteiger partial charge is 0.872 e. The Bertz CT molecular complexity index is 1330. The molecule has 8 heteroatoms. The molecule has 0 bridgehead atoms. The van der Waals surface area contributed by atoms with E-state index in [1.807, 2.05) is 38.5 Å². The average Bonchev–Trinajstić information content (AvgIpc) is 3.33. The molecule has 0 atom stereocenters. The zero-order valence-electron chi connectivity index (χ0n) is 16.3. The Morgan fingerprint density at radius 3 is 2.12 bits per heavy atom. The third-order valence-corrected chi connectivity index (χ3v) is 4.81. The molecule has 2 aliphatic heterocycles. The van der Waals surface area contributed by atoms with Crippen molar-refractivity contribution in [2.75, 3.05) is 0 Å². The molecule has 7 nitrogen and oxygen atoms in total. The van der Waals surface area contributed by atoms with Crippen molar-refractivity contribution in [3.8, 4) is 16.9 Å². The van der Waals surface area contributed by atoms with E-state index in [0.717, 1.165) is 0 Å². The van der Waals surface area contributed by atoms with Crippen LogP contribution in [0.3, 0.4) is 0 Å². The standard InChI is InChI=1S/C17H9N3O3.C6H6.CO.Ru/c21-7-3-4-10-9(6-7)11-13-12(16(22)20-17(13)23)8-2-1-5-18-14(8)15(11)19-10;1-2-4-6-5-3-1;1-2;/h1-6,21H,(H2,20,22,23);1-6H;;/q;;;+3/p-3. The zero-order chi connectivity index (χ0) is 22.0. The topological polar surface area (TPSA) is 127 Å². The van der Waals surface area contributed by atoms with Crippen molar-refractivity contribution in [3.05, 3.63) is 97.8 Å². The molecule has 2 aromatic carbocycles. The van der Waals surface area contributed by atoms with E-state index in [1.54, 1.807) is 24.4 Å². The van der Waals surface area contributed by atoms with Gasteiger partial charge in [-0.25, -0.2) is 4.99 Å². The number of benzene rings is 2. The quantitative estimate of drug-likeness (QED) is 0.188. The molecule has 32 heavy (non-hydrogen) atoms. The van der Waals surface area contributed by atoms with Crippen LogP contribution < -0.4 is 25.9 Å². The summed E-state index contributed by atoms with van der Waals surface area (Å²) < 4.78 is 7.50. The Balaban J connectivity index is 0.000000277. The van der Waals surface area contributed by atoms with Crippen LogP contribution in [0.4, 0.5) is 5.69 Å². The SMILES string of the molecule is [C-]#[O+].[CH]1[CH][CH][CH][CH][CH]1.[O-]C1=NC([O-])=c2c1c1c(c3ncccc23)=Nc2ccc([O-])cc2-1.[Ru+3]. The second-order valence-electron chi connectivity index (χ2n) is 6.54. The second kappa shape index (κ2) is 10.0. The molecule has 1 saturated carbocycles. The van der Waals surface area contributed by atoms with E-state index in [9.17, 15) is 15.3 Å². The van der Waals surface area contributed by atoms with Gasteiger partial charge in [-0.2, -0.15) is 0 Å². The number of pyridine rings is 1. The van der Waals surface area contributed by atoms with Crippen LogP contribution in [0, 0.1) is 45.2 Å². The first-order valence-electron chi connectivity index (χ1n) is 9.14. The van der Waals surface area contributed by atoms with E-state index in [2.05, 4.69) is 21.6 Å². The first kappa shape index (κ1) is 23.6. The molecule has 0 spiro atoms. The van der Waals surface area contributed by atoms with Crippen LogP contribution in [-0.4, -0.2) is 10.9 Å². The normalized spacial score (nSPS) is 14.8. The van der Waals surface area contributed by atoms with Crippen molar-refractivity contribution in [1.82, 2.24) is 4.98 Å². The average molecular weight is 507 g/mol. The fourth-order valence-electron chi connectivity index (χ4n) is 3.62. The number of hydrogen-bond acceptors (Lipinski definition) is 6. The van der Waals surface area contributed by atoms with Gasteiger partial charge >= 0.3 is 30.8 Å². The Morgan fingerprint density at radius 1 is 0.812 bits per heavy atom. The number of nitrogens with zero attached hydrogens (tertiary/aromatic N) is 3. The fraction of sp³-hybridized carbons (Fsp3) is 0. The Labute approximate surface area is 197 Å². The molecule has 1 fully saturated rings. The van der Waals surface area contributed by atoms with Crippen molar-refractivity contribution in [1.29, 1.82) is 0 Å². The summed E-state index contributed by atoms with van der Waals surface area (Å²) in [5, 5.41) is 37.4. The van der Waals surface area contributed by atoms with Gasteiger partial charge in [0.1, 0.15) is 0 Å². The van der Waals surface area contributed by atoms with Gasteiger partial charge in [-0.15, -0.1) is 5.75 Å². The van der Waals surface area contributed by atoms with Crippen LogP contribution in [0.1, 0.15) is 5.56 Å². The van der Waals surface area contributed by atoms with Gasteiger partial charge < -0.3 is 15.3 Å². The van der Waals surface area contributed by atoms with E-state index < -0.39 is 11.8 Å². The molecular formula is C24H12N3O4Ru. The van der Waals surface area contributed by atoms with Gasteiger partial charge in [0.25, 0.3) is 0 Å². The molecule has 3 aromatic rings. The molecule has 7 radical (unpaired) electrons. The molecule has 3 aliphatic rings. The van der Waals surface area contributed by atoms with Gasteiger partial charge in [0, 0.05) is 33.5 Å². The molecule has 3 heterocycles. The van der Waals surface area contributed by atoms with Gasteiger partial charge in [0.15, 0.2) is 0 Å². The summed E-state index contributed by atoms with van der Waals surface area (Å²) in [6.07, 6.45) is 13.6. The molecule has 1 aliphatic carbocycles. The summed E-state index contributed by atoms with van der Waals surface area (Å²) in [7, 11) is 0. The number of hydrogen-bond donors (Lipinski definition) is 0. The van der Waals surface area contributed by atoms with Gasteiger partial charge in [-0.05, 0) is 62.4 Å². The third-order valence-electron chi connectivity index (χ3n) is 4.81. The molecule has 0 unspecified atom stereocenters. The first-order chi connectivity index (χ1) is 15.1. The number of aliphatic imine (C=N–C) groups is 1. The van der Waals surface area contributed by atoms with Crippen molar-refractivity contribution in [2.24, 2.45) is 9.98 Å². The predicted octanol–water partition coefficient (Wildman–Crippen LogP) is -0.0277. The molecule has 0 N–H and O–H groups in total. The van der Waals surface area contributed by atoms with Crippen LogP contribution in [0.25, 0.3) is 27.9 Å². The van der Waals surface area contributed by atoms with E-state index in [0.29, 0.717) is 33.1 Å². The van der Waals surface area contributed by atoms with Gasteiger partial charge in [-0.1, -0.05) is 18.2 Å². The van der Waals surface area contributed by atoms with Crippen LogP contribution in [0.2, 0.25) is 0 Å². The van der Waals surface area contributed by atoms with Gasteiger partial charge in [0.05, 0.1) is 16.6 Å². The number of rotatable bonds is 0.